The first-order chi connectivity index (χ1) is 7.17. The predicted octanol–water partition coefficient (Wildman–Crippen LogP) is 2.40. The number of carbonyl (C=O) groups is 1. The lowest BCUT2D eigenvalue weighted by Gasteiger charge is -2.15. The fraction of sp³-hybridized carbons (Fsp3) is 0.462. The van der Waals surface area contributed by atoms with Crippen LogP contribution in [0, 0.1) is 12.1 Å². The molecule has 2 nitrogen and oxygen atoms in total. The monoisotopic (exact) mass is 208 g/mol. The Morgan fingerprint density at radius 3 is 2.13 bits per heavy atom. The Labute approximate surface area is 93.0 Å². The molecule has 0 saturated carbocycles. The molecule has 0 fully saturated rings. The van der Waals surface area contributed by atoms with Crippen molar-refractivity contribution in [3.8, 4) is 0 Å². The second-order valence-electron chi connectivity index (χ2n) is 3.06. The van der Waals surface area contributed by atoms with E-state index in [1.807, 2.05) is 33.8 Å². The molecule has 1 rings (SSSR count). The quantitative estimate of drug-likeness (QED) is 0.758. The van der Waals surface area contributed by atoms with E-state index >= 15 is 0 Å². The highest BCUT2D eigenvalue weighted by Crippen LogP contribution is 2.18. The molecule has 0 aliphatic heterocycles. The molecule has 0 heterocycles. The number of aliphatic hydroxyl groups excluding tert-OH is 1. The van der Waals surface area contributed by atoms with Gasteiger partial charge in [0.15, 0.2) is 0 Å². The zero-order valence-electron chi connectivity index (χ0n) is 10.2. The van der Waals surface area contributed by atoms with Gasteiger partial charge in [-0.1, -0.05) is 26.0 Å². The van der Waals surface area contributed by atoms with Crippen LogP contribution in [0.4, 0.5) is 0 Å². The highest BCUT2D eigenvalue weighted by atomic mass is 16.2. The van der Waals surface area contributed by atoms with Crippen molar-refractivity contribution >= 4 is 6.29 Å². The van der Waals surface area contributed by atoms with E-state index in [9.17, 15) is 4.79 Å². The van der Waals surface area contributed by atoms with Crippen LogP contribution in [0.3, 0.4) is 0 Å². The van der Waals surface area contributed by atoms with E-state index in [2.05, 4.69) is 12.1 Å². The van der Waals surface area contributed by atoms with Crippen molar-refractivity contribution in [2.24, 2.45) is 0 Å². The van der Waals surface area contributed by atoms with Gasteiger partial charge in [-0.25, -0.2) is 0 Å². The SMILES string of the molecule is CC.CC(C)(C=O)c1cc#ccc1.CO. The fourth-order valence-electron chi connectivity index (χ4n) is 0.816. The maximum absolute atomic E-state index is 10.6. The van der Waals surface area contributed by atoms with Crippen LogP contribution >= 0.6 is 0 Å². The zero-order valence-corrected chi connectivity index (χ0v) is 10.2. The van der Waals surface area contributed by atoms with Crippen molar-refractivity contribution in [3.05, 3.63) is 35.9 Å². The Hall–Kier alpha value is -1.33. The predicted molar refractivity (Wildman–Crippen MR) is 62.7 cm³/mol. The maximum atomic E-state index is 10.6. The van der Waals surface area contributed by atoms with Gasteiger partial charge in [0.05, 0.1) is 0 Å². The molecular weight excluding hydrogens is 188 g/mol. The molecule has 0 saturated heterocycles. The largest absolute Gasteiger partial charge is 0.400 e. The minimum atomic E-state index is -0.397. The summed E-state index contributed by atoms with van der Waals surface area (Å²) in [4.78, 5) is 10.6. The lowest BCUT2D eigenvalue weighted by molar-refractivity contribution is -0.111. The molecule has 84 valence electrons. The van der Waals surface area contributed by atoms with Crippen molar-refractivity contribution in [2.45, 2.75) is 33.1 Å². The molecular formula is C13H20O2. The van der Waals surface area contributed by atoms with Crippen LogP contribution in [-0.2, 0) is 10.2 Å². The van der Waals surface area contributed by atoms with E-state index in [0.29, 0.717) is 0 Å². The smallest absolute Gasteiger partial charge is 0.129 e. The number of rotatable bonds is 2. The number of aliphatic hydroxyl groups is 1. The van der Waals surface area contributed by atoms with Gasteiger partial charge in [0.1, 0.15) is 6.29 Å². The standard InChI is InChI=1S/C10H10O.C2H6.CH4O/c1-10(2,8-11)9-6-4-3-5-7-9;2*1-2/h4,6-8H,1-2H3;1-2H3;2H,1H3. The summed E-state index contributed by atoms with van der Waals surface area (Å²) in [6.07, 6.45) is 0.941. The Morgan fingerprint density at radius 1 is 1.27 bits per heavy atom. The first-order valence-electron chi connectivity index (χ1n) is 4.96. The van der Waals surface area contributed by atoms with Gasteiger partial charge in [0.25, 0.3) is 0 Å². The minimum absolute atomic E-state index is 0.397. The number of hydrogen-bond acceptors (Lipinski definition) is 2. The number of carbonyl (C=O) groups excluding carboxylic acids is 1. The van der Waals surface area contributed by atoms with Gasteiger partial charge in [0.2, 0.25) is 0 Å². The van der Waals surface area contributed by atoms with E-state index in [-0.39, 0.29) is 0 Å². The van der Waals surface area contributed by atoms with Gasteiger partial charge in [-0.2, -0.15) is 0 Å². The minimum Gasteiger partial charge on any atom is -0.400 e. The molecule has 0 aliphatic rings. The molecule has 2 heteroatoms. The lowest BCUT2D eigenvalue weighted by Crippen LogP contribution is -2.17. The van der Waals surface area contributed by atoms with Gasteiger partial charge in [-0.15, -0.1) is 0 Å². The van der Waals surface area contributed by atoms with Gasteiger partial charge in [0, 0.05) is 12.5 Å². The summed E-state index contributed by atoms with van der Waals surface area (Å²) in [5, 5.41) is 7.00. The maximum Gasteiger partial charge on any atom is 0.129 e. The van der Waals surface area contributed by atoms with Crippen molar-refractivity contribution in [1.29, 1.82) is 0 Å². The third-order valence-corrected chi connectivity index (χ3v) is 1.70. The highest BCUT2D eigenvalue weighted by molar-refractivity contribution is 5.66. The second-order valence-corrected chi connectivity index (χ2v) is 3.06. The Morgan fingerprint density at radius 2 is 1.80 bits per heavy atom. The Balaban J connectivity index is 0. The summed E-state index contributed by atoms with van der Waals surface area (Å²) in [5.41, 5.74) is 0.581. The van der Waals surface area contributed by atoms with Crippen LogP contribution in [0.2, 0.25) is 0 Å². The summed E-state index contributed by atoms with van der Waals surface area (Å²) >= 11 is 0. The summed E-state index contributed by atoms with van der Waals surface area (Å²) in [6, 6.07) is 11.0. The topological polar surface area (TPSA) is 37.3 Å². The van der Waals surface area contributed by atoms with Crippen molar-refractivity contribution in [3.63, 3.8) is 0 Å². The van der Waals surface area contributed by atoms with Crippen LogP contribution in [0.25, 0.3) is 0 Å². The van der Waals surface area contributed by atoms with Crippen LogP contribution in [0.1, 0.15) is 33.3 Å². The molecule has 0 radical (unpaired) electrons. The average molecular weight is 208 g/mol. The molecule has 0 aromatic heterocycles. The average Bonchev–Trinajstić information content (AvgIpc) is 2.35. The van der Waals surface area contributed by atoms with Crippen molar-refractivity contribution < 1.29 is 9.90 Å². The van der Waals surface area contributed by atoms with Crippen molar-refractivity contribution in [1.82, 2.24) is 0 Å². The van der Waals surface area contributed by atoms with Gasteiger partial charge in [-0.3, -0.25) is 0 Å². The van der Waals surface area contributed by atoms with E-state index in [4.69, 9.17) is 5.11 Å². The Bertz CT molecular complexity index is 240. The summed E-state index contributed by atoms with van der Waals surface area (Å²) in [7, 11) is 1.00. The van der Waals surface area contributed by atoms with Gasteiger partial charge in [-0.05, 0) is 37.6 Å². The third-order valence-electron chi connectivity index (χ3n) is 1.70. The lowest BCUT2D eigenvalue weighted by atomic mass is 9.87. The first kappa shape index (κ1) is 16.1. The van der Waals surface area contributed by atoms with Crippen molar-refractivity contribution in [2.75, 3.05) is 7.11 Å². The molecule has 0 amide bonds. The molecule has 15 heavy (non-hydrogen) atoms. The first-order valence-corrected chi connectivity index (χ1v) is 4.96. The number of aldehydes is 1. The Kier molecular flexibility index (Phi) is 9.92. The van der Waals surface area contributed by atoms with E-state index < -0.39 is 5.41 Å². The van der Waals surface area contributed by atoms with Crippen LogP contribution in [0.15, 0.2) is 18.2 Å². The van der Waals surface area contributed by atoms with Gasteiger partial charge < -0.3 is 9.90 Å². The normalized spacial score (nSPS) is 8.40. The van der Waals surface area contributed by atoms with E-state index in [0.717, 1.165) is 19.0 Å². The van der Waals surface area contributed by atoms with Crippen LogP contribution in [0.5, 0.6) is 0 Å². The van der Waals surface area contributed by atoms with E-state index in [1.165, 1.54) is 0 Å². The molecule has 1 aromatic carbocycles. The molecule has 0 unspecified atom stereocenters. The third kappa shape index (κ3) is 5.87. The fourth-order valence-corrected chi connectivity index (χ4v) is 0.816. The summed E-state index contributed by atoms with van der Waals surface area (Å²) in [6.45, 7) is 7.76. The molecule has 1 aromatic rings. The molecule has 0 bridgehead atoms. The molecule has 1 N–H and O–H groups in total. The zero-order chi connectivity index (χ0) is 12.3. The molecule has 0 spiro atoms. The molecule has 0 aliphatic carbocycles. The highest BCUT2D eigenvalue weighted by Gasteiger charge is 2.18. The number of hydrogen-bond donors (Lipinski definition) is 1. The molecule has 0 atom stereocenters. The summed E-state index contributed by atoms with van der Waals surface area (Å²) in [5.74, 6) is 0. The van der Waals surface area contributed by atoms with Gasteiger partial charge >= 0.3 is 0 Å². The second kappa shape index (κ2) is 9.23. The van der Waals surface area contributed by atoms with Crippen LogP contribution < -0.4 is 0 Å². The summed E-state index contributed by atoms with van der Waals surface area (Å²) < 4.78 is 0. The van der Waals surface area contributed by atoms with Crippen LogP contribution in [-0.4, -0.2) is 18.5 Å². The van der Waals surface area contributed by atoms with E-state index in [1.54, 1.807) is 12.1 Å².